The van der Waals surface area contributed by atoms with Crippen molar-refractivity contribution in [2.75, 3.05) is 25.6 Å². The van der Waals surface area contributed by atoms with Gasteiger partial charge < -0.3 is 20.5 Å². The maximum absolute atomic E-state index is 13.5. The number of nitrogens with one attached hydrogen (secondary N) is 2. The lowest BCUT2D eigenvalue weighted by Gasteiger charge is -2.15. The van der Waals surface area contributed by atoms with Gasteiger partial charge in [0, 0.05) is 36.7 Å². The number of nitrogens with zero attached hydrogens (tertiary/aromatic N) is 1. The molecule has 0 aromatic heterocycles. The van der Waals surface area contributed by atoms with E-state index in [2.05, 4.69) is 23.6 Å². The minimum Gasteiger partial charge on any atom is -0.481 e. The first-order chi connectivity index (χ1) is 17.3. The quantitative estimate of drug-likeness (QED) is 0.439. The number of anilines is 1. The lowest BCUT2D eigenvalue weighted by atomic mass is 9.92. The Labute approximate surface area is 210 Å². The van der Waals surface area contributed by atoms with Crippen molar-refractivity contribution in [2.45, 2.75) is 44.4 Å². The largest absolute Gasteiger partial charge is 0.481 e. The van der Waals surface area contributed by atoms with Crippen molar-refractivity contribution in [3.05, 3.63) is 64.2 Å². The molecule has 1 fully saturated rings. The van der Waals surface area contributed by atoms with E-state index in [9.17, 15) is 19.6 Å². The zero-order valence-corrected chi connectivity index (χ0v) is 20.6. The lowest BCUT2D eigenvalue weighted by molar-refractivity contribution is -0.137. The normalized spacial score (nSPS) is 21.5. The number of aliphatic carboxylic acids is 1. The zero-order chi connectivity index (χ0) is 25.9. The maximum atomic E-state index is 13.5. The monoisotopic (exact) mass is 489 g/mol. The summed E-state index contributed by atoms with van der Waals surface area (Å²) in [5, 5.41) is 24.2. The average Bonchev–Trinajstić information content (AvgIpc) is 3.28. The number of rotatable bonds is 10. The van der Waals surface area contributed by atoms with Crippen molar-refractivity contribution in [2.24, 2.45) is 11.8 Å². The topological polar surface area (TPSA) is 129 Å². The van der Waals surface area contributed by atoms with Gasteiger partial charge in [-0.25, -0.2) is 0 Å². The van der Waals surface area contributed by atoms with Crippen molar-refractivity contribution < 1.29 is 24.2 Å². The number of carboxylic acids is 1. The van der Waals surface area contributed by atoms with Gasteiger partial charge >= 0.3 is 5.97 Å². The molecule has 8 nitrogen and oxygen atoms in total. The summed E-state index contributed by atoms with van der Waals surface area (Å²) in [5.41, 5.74) is 4.32. The molecule has 0 radical (unpaired) electrons. The maximum Gasteiger partial charge on any atom is 0.303 e. The molecule has 0 saturated heterocycles. The van der Waals surface area contributed by atoms with Crippen LogP contribution in [0.5, 0.6) is 0 Å². The number of carbonyl (C=O) groups is 3. The number of hydrogen-bond acceptors (Lipinski definition) is 5. The van der Waals surface area contributed by atoms with Gasteiger partial charge in [0.25, 0.3) is 5.91 Å². The fourth-order valence-electron chi connectivity index (χ4n) is 5.72. The Balaban J connectivity index is 1.53. The Bertz CT molecular complexity index is 1230. The van der Waals surface area contributed by atoms with Crippen LogP contribution >= 0.6 is 0 Å². The van der Waals surface area contributed by atoms with E-state index >= 15 is 0 Å². The fourth-order valence-corrected chi connectivity index (χ4v) is 5.72. The highest BCUT2D eigenvalue weighted by Gasteiger charge is 2.68. The molecule has 3 N–H and O–H groups in total. The first-order valence-corrected chi connectivity index (χ1v) is 12.3. The van der Waals surface area contributed by atoms with Gasteiger partial charge in [-0.05, 0) is 72.6 Å². The number of fused-ring (bicyclic) bond motifs is 2. The molecule has 0 bridgehead atoms. The molecular weight excluding hydrogens is 458 g/mol. The molecule has 1 unspecified atom stereocenters. The fraction of sp³-hybridized carbons (Fsp3) is 0.429. The van der Waals surface area contributed by atoms with Crippen LogP contribution in [0.3, 0.4) is 0 Å². The molecule has 8 heteroatoms. The number of benzene rings is 2. The molecule has 1 saturated carbocycles. The summed E-state index contributed by atoms with van der Waals surface area (Å²) in [4.78, 5) is 37.0. The van der Waals surface area contributed by atoms with Gasteiger partial charge in [-0.1, -0.05) is 19.1 Å². The van der Waals surface area contributed by atoms with Crippen molar-refractivity contribution in [3.8, 4) is 6.07 Å². The summed E-state index contributed by atoms with van der Waals surface area (Å²) in [7, 11) is 1.58. The predicted molar refractivity (Wildman–Crippen MR) is 134 cm³/mol. The van der Waals surface area contributed by atoms with Crippen LogP contribution in [0.2, 0.25) is 0 Å². The Morgan fingerprint density at radius 3 is 2.75 bits per heavy atom. The van der Waals surface area contributed by atoms with Gasteiger partial charge in [0.2, 0.25) is 5.91 Å². The summed E-state index contributed by atoms with van der Waals surface area (Å²) in [6, 6.07) is 13.0. The van der Waals surface area contributed by atoms with Crippen molar-refractivity contribution in [3.63, 3.8) is 0 Å². The summed E-state index contributed by atoms with van der Waals surface area (Å²) in [6.07, 6.45) is 2.67. The first-order valence-electron chi connectivity index (χ1n) is 12.3. The molecule has 36 heavy (non-hydrogen) atoms. The van der Waals surface area contributed by atoms with E-state index in [1.54, 1.807) is 25.3 Å². The minimum atomic E-state index is -0.866. The molecule has 2 amide bonds. The summed E-state index contributed by atoms with van der Waals surface area (Å²) in [5.74, 6) is -1.27. The van der Waals surface area contributed by atoms with Crippen LogP contribution in [-0.4, -0.2) is 43.2 Å². The number of hydrogen-bond donors (Lipinski definition) is 3. The summed E-state index contributed by atoms with van der Waals surface area (Å²) >= 11 is 0. The minimum absolute atomic E-state index is 0.0360. The van der Waals surface area contributed by atoms with E-state index in [1.165, 1.54) is 5.56 Å². The van der Waals surface area contributed by atoms with Crippen molar-refractivity contribution in [1.29, 1.82) is 5.26 Å². The molecule has 4 rings (SSSR count). The molecule has 3 atom stereocenters. The zero-order valence-electron chi connectivity index (χ0n) is 20.6. The third-order valence-corrected chi connectivity index (χ3v) is 7.65. The second-order valence-corrected chi connectivity index (χ2v) is 9.65. The van der Waals surface area contributed by atoms with Crippen LogP contribution in [0.1, 0.15) is 58.8 Å². The van der Waals surface area contributed by atoms with Crippen molar-refractivity contribution in [1.82, 2.24) is 5.32 Å². The summed E-state index contributed by atoms with van der Waals surface area (Å²) in [6.45, 7) is 2.94. The van der Waals surface area contributed by atoms with E-state index in [0.717, 1.165) is 24.0 Å². The van der Waals surface area contributed by atoms with Crippen LogP contribution in [0.25, 0.3) is 0 Å². The van der Waals surface area contributed by atoms with E-state index < -0.39 is 5.97 Å². The third kappa shape index (κ3) is 4.84. The summed E-state index contributed by atoms with van der Waals surface area (Å²) < 4.78 is 5.00. The lowest BCUT2D eigenvalue weighted by Crippen LogP contribution is -2.27. The number of carbonyl (C=O) groups excluding carboxylic acids is 2. The predicted octanol–water partition coefficient (Wildman–Crippen LogP) is 3.43. The highest BCUT2D eigenvalue weighted by atomic mass is 16.5. The number of methoxy groups -OCH3 is 1. The standard InChI is InChI=1S/C28H31N3O5/c1-17-25(27(35)31-23-14-18(16-29)6-7-20(23)4-3-5-24(32)33)28(17)11-10-19-8-9-21(15-22(19)28)26(34)30-12-13-36-2/h6-9,14-15,17,25H,3-5,10-13H2,1-2H3,(H,30,34)(H,31,35)(H,32,33)/t17-,25?,28-/m0/s1. The van der Waals surface area contributed by atoms with Gasteiger partial charge in [-0.3, -0.25) is 14.4 Å². The SMILES string of the molecule is COCCNC(=O)c1ccc2c(c1)[C@@]1(CC2)C(C(=O)Nc2cc(C#N)ccc2CCCC(=O)O)[C@@H]1C. The Morgan fingerprint density at radius 2 is 2.03 bits per heavy atom. The van der Waals surface area contributed by atoms with Gasteiger partial charge in [0.1, 0.15) is 0 Å². The van der Waals surface area contributed by atoms with Crippen LogP contribution < -0.4 is 10.6 Å². The molecule has 188 valence electrons. The number of amides is 2. The molecule has 2 aromatic carbocycles. The van der Waals surface area contributed by atoms with Gasteiger partial charge in [-0.15, -0.1) is 0 Å². The van der Waals surface area contributed by atoms with E-state index in [4.69, 9.17) is 9.84 Å². The first kappa shape index (κ1) is 25.4. The number of aryl methyl sites for hydroxylation is 2. The smallest absolute Gasteiger partial charge is 0.303 e. The van der Waals surface area contributed by atoms with Crippen LogP contribution in [0.4, 0.5) is 5.69 Å². The molecule has 2 aromatic rings. The van der Waals surface area contributed by atoms with E-state index in [0.29, 0.717) is 42.8 Å². The molecule has 2 aliphatic carbocycles. The number of nitriles is 1. The molecule has 1 spiro atoms. The van der Waals surface area contributed by atoms with Gasteiger partial charge in [-0.2, -0.15) is 5.26 Å². The number of ether oxygens (including phenoxy) is 1. The highest BCUT2D eigenvalue weighted by molar-refractivity contribution is 5.98. The Kier molecular flexibility index (Phi) is 7.41. The van der Waals surface area contributed by atoms with Crippen LogP contribution in [0.15, 0.2) is 36.4 Å². The van der Waals surface area contributed by atoms with Crippen LogP contribution in [-0.2, 0) is 32.6 Å². The van der Waals surface area contributed by atoms with E-state index in [-0.39, 0.29) is 35.5 Å². The average molecular weight is 490 g/mol. The second kappa shape index (κ2) is 10.5. The van der Waals surface area contributed by atoms with E-state index in [1.807, 2.05) is 18.2 Å². The number of carboxylic acid groups (broad SMARTS) is 1. The highest BCUT2D eigenvalue weighted by Crippen LogP contribution is 2.66. The molecule has 0 heterocycles. The van der Waals surface area contributed by atoms with Gasteiger partial charge in [0.15, 0.2) is 0 Å². The van der Waals surface area contributed by atoms with Crippen LogP contribution in [0, 0.1) is 23.2 Å². The Morgan fingerprint density at radius 1 is 1.22 bits per heavy atom. The van der Waals surface area contributed by atoms with Gasteiger partial charge in [0.05, 0.1) is 24.2 Å². The third-order valence-electron chi connectivity index (χ3n) is 7.65. The molecule has 2 aliphatic rings. The van der Waals surface area contributed by atoms with Crippen molar-refractivity contribution >= 4 is 23.5 Å². The Hall–Kier alpha value is -3.70. The second-order valence-electron chi connectivity index (χ2n) is 9.65. The molecule has 0 aliphatic heterocycles. The molecular formula is C28H31N3O5.